The maximum Gasteiger partial charge on any atom is 0.436 e. The van der Waals surface area contributed by atoms with Crippen molar-refractivity contribution >= 4 is 33.6 Å². The SMILES string of the molecule is COC(=O)/N=C1\NCCN1Cc1sc2c(c1C)c(=O)n(C1CC1)c(=O)n2CC1CCCO1. The normalized spacial score (nSPS) is 22.1. The maximum absolute atomic E-state index is 13.4. The molecule has 2 aliphatic heterocycles. The second-order valence-electron chi connectivity index (χ2n) is 8.52. The van der Waals surface area contributed by atoms with Gasteiger partial charge in [-0.2, -0.15) is 0 Å². The number of rotatable bonds is 5. The molecule has 0 radical (unpaired) electrons. The number of amides is 1. The Balaban J connectivity index is 1.58. The molecular formula is C21H27N5O5S. The van der Waals surface area contributed by atoms with Crippen LogP contribution in [0, 0.1) is 6.92 Å². The molecule has 32 heavy (non-hydrogen) atoms. The number of aliphatic imine (C=N–C) groups is 1. The van der Waals surface area contributed by atoms with Crippen LogP contribution in [0.5, 0.6) is 0 Å². The summed E-state index contributed by atoms with van der Waals surface area (Å²) in [5, 5.41) is 3.72. The van der Waals surface area contributed by atoms with Crippen LogP contribution in [0.4, 0.5) is 4.79 Å². The van der Waals surface area contributed by atoms with E-state index < -0.39 is 6.09 Å². The lowest BCUT2D eigenvalue weighted by molar-refractivity contribution is 0.0966. The van der Waals surface area contributed by atoms with Gasteiger partial charge in [0.05, 0.1) is 31.7 Å². The highest BCUT2D eigenvalue weighted by atomic mass is 32.1. The molecule has 1 aliphatic carbocycles. The van der Waals surface area contributed by atoms with Gasteiger partial charge in [0.2, 0.25) is 5.96 Å². The highest BCUT2D eigenvalue weighted by Gasteiger charge is 2.32. The third-order valence-electron chi connectivity index (χ3n) is 6.33. The number of hydrogen-bond acceptors (Lipinski definition) is 6. The molecule has 2 aromatic heterocycles. The number of guanidine groups is 1. The Bertz CT molecular complexity index is 1200. The summed E-state index contributed by atoms with van der Waals surface area (Å²) in [6.07, 6.45) is 2.97. The van der Waals surface area contributed by atoms with Gasteiger partial charge < -0.3 is 19.7 Å². The van der Waals surface area contributed by atoms with E-state index in [1.165, 1.54) is 23.0 Å². The molecule has 0 bridgehead atoms. The van der Waals surface area contributed by atoms with Crippen LogP contribution in [0.1, 0.15) is 42.2 Å². The van der Waals surface area contributed by atoms with E-state index in [4.69, 9.17) is 4.74 Å². The van der Waals surface area contributed by atoms with E-state index in [1.807, 2.05) is 11.8 Å². The van der Waals surface area contributed by atoms with Crippen LogP contribution in [0.15, 0.2) is 14.6 Å². The lowest BCUT2D eigenvalue weighted by atomic mass is 10.2. The molecule has 172 valence electrons. The minimum absolute atomic E-state index is 0.000490. The molecule has 2 saturated heterocycles. The molecule has 3 fully saturated rings. The first kappa shape index (κ1) is 21.2. The Hall–Kier alpha value is -2.66. The predicted octanol–water partition coefficient (Wildman–Crippen LogP) is 1.57. The predicted molar refractivity (Wildman–Crippen MR) is 121 cm³/mol. The van der Waals surface area contributed by atoms with Crippen molar-refractivity contribution in [1.82, 2.24) is 19.4 Å². The number of thiophene rings is 1. The zero-order valence-corrected chi connectivity index (χ0v) is 19.1. The fourth-order valence-corrected chi connectivity index (χ4v) is 5.77. The number of carbonyl (C=O) groups excluding carboxylic acids is 1. The van der Waals surface area contributed by atoms with Crippen LogP contribution in [-0.4, -0.2) is 59.0 Å². The van der Waals surface area contributed by atoms with Gasteiger partial charge in [-0.05, 0) is 38.2 Å². The Morgan fingerprint density at radius 3 is 2.81 bits per heavy atom. The topological polar surface area (TPSA) is 107 Å². The van der Waals surface area contributed by atoms with Gasteiger partial charge in [-0.15, -0.1) is 16.3 Å². The molecule has 3 aliphatic rings. The van der Waals surface area contributed by atoms with E-state index in [0.29, 0.717) is 49.0 Å². The van der Waals surface area contributed by atoms with Gasteiger partial charge >= 0.3 is 11.8 Å². The Morgan fingerprint density at radius 1 is 1.31 bits per heavy atom. The Morgan fingerprint density at radius 2 is 2.12 bits per heavy atom. The van der Waals surface area contributed by atoms with Gasteiger partial charge in [0.1, 0.15) is 4.83 Å². The molecule has 5 rings (SSSR count). The van der Waals surface area contributed by atoms with Gasteiger partial charge in [-0.1, -0.05) is 0 Å². The van der Waals surface area contributed by atoms with Gasteiger partial charge in [-0.3, -0.25) is 13.9 Å². The molecular weight excluding hydrogens is 434 g/mol. The summed E-state index contributed by atoms with van der Waals surface area (Å²) in [5.74, 6) is 0.459. The molecule has 10 nitrogen and oxygen atoms in total. The maximum atomic E-state index is 13.4. The first-order valence-corrected chi connectivity index (χ1v) is 11.8. The number of hydrogen-bond donors (Lipinski definition) is 1. The molecule has 1 atom stereocenters. The molecule has 4 heterocycles. The van der Waals surface area contributed by atoms with Crippen molar-refractivity contribution in [2.24, 2.45) is 4.99 Å². The van der Waals surface area contributed by atoms with Crippen LogP contribution >= 0.6 is 11.3 Å². The Labute approximate surface area is 188 Å². The number of nitrogens with zero attached hydrogens (tertiary/aromatic N) is 4. The van der Waals surface area contributed by atoms with Crippen LogP contribution in [-0.2, 0) is 22.6 Å². The number of aromatic nitrogens is 2. The van der Waals surface area contributed by atoms with Gasteiger partial charge in [0.15, 0.2) is 0 Å². The summed E-state index contributed by atoms with van der Waals surface area (Å²) in [6.45, 7) is 4.95. The van der Waals surface area contributed by atoms with Crippen molar-refractivity contribution in [1.29, 1.82) is 0 Å². The smallest absolute Gasteiger partial charge is 0.436 e. The van der Waals surface area contributed by atoms with E-state index in [-0.39, 0.29) is 23.4 Å². The van der Waals surface area contributed by atoms with E-state index in [1.54, 1.807) is 4.57 Å². The van der Waals surface area contributed by atoms with Crippen molar-refractivity contribution in [3.8, 4) is 0 Å². The van der Waals surface area contributed by atoms with Crippen LogP contribution in [0.25, 0.3) is 10.2 Å². The third kappa shape index (κ3) is 3.73. The molecule has 1 N–H and O–H groups in total. The summed E-state index contributed by atoms with van der Waals surface area (Å²) < 4.78 is 13.6. The fraction of sp³-hybridized carbons (Fsp3) is 0.619. The van der Waals surface area contributed by atoms with Gasteiger partial charge in [-0.25, -0.2) is 9.59 Å². The number of methoxy groups -OCH3 is 1. The monoisotopic (exact) mass is 461 g/mol. The summed E-state index contributed by atoms with van der Waals surface area (Å²) in [6, 6.07) is -0.000490. The lowest BCUT2D eigenvalue weighted by Crippen LogP contribution is -2.40. The van der Waals surface area contributed by atoms with E-state index in [0.717, 1.165) is 36.1 Å². The molecule has 11 heteroatoms. The van der Waals surface area contributed by atoms with Crippen molar-refractivity contribution in [3.63, 3.8) is 0 Å². The van der Waals surface area contributed by atoms with Gasteiger partial charge in [0.25, 0.3) is 5.56 Å². The van der Waals surface area contributed by atoms with Gasteiger partial charge in [0, 0.05) is 30.6 Å². The van der Waals surface area contributed by atoms with Crippen LogP contribution in [0.3, 0.4) is 0 Å². The summed E-state index contributed by atoms with van der Waals surface area (Å²) in [7, 11) is 1.29. The third-order valence-corrected chi connectivity index (χ3v) is 7.63. The second kappa shape index (κ2) is 8.36. The standard InChI is InChI=1S/C21H27N5O5S/c1-12-15(11-24-8-7-22-19(24)23-20(28)30-2)32-18-16(12)17(27)26(13-5-6-13)21(29)25(18)10-14-4-3-9-31-14/h13-14H,3-11H2,1-2H3,(H,22,23,28). The highest BCUT2D eigenvalue weighted by Crippen LogP contribution is 2.35. The highest BCUT2D eigenvalue weighted by molar-refractivity contribution is 7.18. The summed E-state index contributed by atoms with van der Waals surface area (Å²) >= 11 is 1.47. The number of carbonyl (C=O) groups is 1. The first-order chi connectivity index (χ1) is 15.5. The average Bonchev–Trinajstić information content (AvgIpc) is 3.15. The number of aryl methyl sites for hydroxylation is 1. The molecule has 0 aromatic carbocycles. The zero-order chi connectivity index (χ0) is 22.4. The molecule has 0 spiro atoms. The molecule has 1 unspecified atom stereocenters. The largest absolute Gasteiger partial charge is 0.451 e. The van der Waals surface area contributed by atoms with Crippen LogP contribution < -0.4 is 16.6 Å². The fourth-order valence-electron chi connectivity index (χ4n) is 4.46. The lowest BCUT2D eigenvalue weighted by Gasteiger charge is -2.16. The van der Waals surface area contributed by atoms with E-state index in [9.17, 15) is 14.4 Å². The second-order valence-corrected chi connectivity index (χ2v) is 9.60. The molecule has 2 aromatic rings. The molecule has 1 saturated carbocycles. The van der Waals surface area contributed by atoms with E-state index in [2.05, 4.69) is 15.0 Å². The molecule has 1 amide bonds. The average molecular weight is 462 g/mol. The zero-order valence-electron chi connectivity index (χ0n) is 18.3. The van der Waals surface area contributed by atoms with Crippen molar-refractivity contribution < 1.29 is 14.3 Å². The quantitative estimate of drug-likeness (QED) is 0.720. The number of ether oxygens (including phenoxy) is 2. The minimum Gasteiger partial charge on any atom is -0.451 e. The number of nitrogens with one attached hydrogen (secondary N) is 1. The summed E-state index contributed by atoms with van der Waals surface area (Å²) in [5.41, 5.74) is 0.456. The number of fused-ring (bicyclic) bond motifs is 1. The van der Waals surface area contributed by atoms with Crippen molar-refractivity contribution in [2.75, 3.05) is 26.8 Å². The van der Waals surface area contributed by atoms with E-state index >= 15 is 0 Å². The Kier molecular flexibility index (Phi) is 5.54. The van der Waals surface area contributed by atoms with Crippen molar-refractivity contribution in [3.05, 3.63) is 31.3 Å². The van der Waals surface area contributed by atoms with Crippen LogP contribution in [0.2, 0.25) is 0 Å². The summed E-state index contributed by atoms with van der Waals surface area (Å²) in [4.78, 5) is 45.9. The first-order valence-electron chi connectivity index (χ1n) is 11.0. The van der Waals surface area contributed by atoms with Crippen molar-refractivity contribution in [2.45, 2.75) is 57.8 Å². The minimum atomic E-state index is -0.662.